The van der Waals surface area contributed by atoms with Crippen LogP contribution in [0, 0.1) is 10.5 Å². The van der Waals surface area contributed by atoms with Crippen LogP contribution in [0.4, 0.5) is 5.00 Å². The summed E-state index contributed by atoms with van der Waals surface area (Å²) in [5.74, 6) is 0.757. The Kier molecular flexibility index (Phi) is 3.22. The lowest BCUT2D eigenvalue weighted by atomic mass is 10.4. The summed E-state index contributed by atoms with van der Waals surface area (Å²) in [7, 11) is 4.10. The van der Waals surface area contributed by atoms with Gasteiger partial charge in [-0.2, -0.15) is 0 Å². The predicted octanol–water partition coefficient (Wildman–Crippen LogP) is 3.44. The molecule has 0 aliphatic carbocycles. The van der Waals surface area contributed by atoms with Gasteiger partial charge in [-0.25, -0.2) is 9.97 Å². The second kappa shape index (κ2) is 4.75. The number of rotatable bonds is 2. The third-order valence-electron chi connectivity index (χ3n) is 2.86. The monoisotopic (exact) mass is 384 g/mol. The fourth-order valence-electron chi connectivity index (χ4n) is 1.80. The molecule has 3 aromatic rings. The van der Waals surface area contributed by atoms with Crippen LogP contribution in [-0.4, -0.2) is 28.5 Å². The Morgan fingerprint density at radius 2 is 2.00 bits per heavy atom. The zero-order chi connectivity index (χ0) is 13.6. The summed E-state index contributed by atoms with van der Waals surface area (Å²) in [6.45, 7) is 2.01. The van der Waals surface area contributed by atoms with Gasteiger partial charge in [0.1, 0.15) is 5.69 Å². The van der Waals surface area contributed by atoms with Crippen LogP contribution in [0.15, 0.2) is 24.5 Å². The molecule has 6 heteroatoms. The van der Waals surface area contributed by atoms with Gasteiger partial charge in [-0.3, -0.25) is 4.40 Å². The van der Waals surface area contributed by atoms with E-state index in [-0.39, 0.29) is 0 Å². The van der Waals surface area contributed by atoms with Crippen molar-refractivity contribution < 1.29 is 0 Å². The molecule has 0 spiro atoms. The Morgan fingerprint density at radius 3 is 2.68 bits per heavy atom. The molecule has 4 nitrogen and oxygen atoms in total. The molecule has 3 rings (SSSR count). The summed E-state index contributed by atoms with van der Waals surface area (Å²) < 4.78 is 3.13. The molecule has 0 amide bonds. The molecule has 0 saturated heterocycles. The van der Waals surface area contributed by atoms with Gasteiger partial charge in [0.25, 0.3) is 0 Å². The van der Waals surface area contributed by atoms with Crippen molar-refractivity contribution in [1.29, 1.82) is 0 Å². The maximum absolute atomic E-state index is 4.60. The average molecular weight is 384 g/mol. The molecule has 0 aromatic carbocycles. The maximum atomic E-state index is 4.60. The van der Waals surface area contributed by atoms with E-state index < -0.39 is 0 Å². The van der Waals surface area contributed by atoms with Crippen LogP contribution in [0.25, 0.3) is 16.3 Å². The van der Waals surface area contributed by atoms with Crippen LogP contribution < -0.4 is 4.90 Å². The van der Waals surface area contributed by atoms with E-state index in [0.29, 0.717) is 0 Å². The van der Waals surface area contributed by atoms with E-state index in [0.717, 1.165) is 20.7 Å². The SMILES string of the molecule is Cc1nc2nc(-c3ccc(N(C)C)s3)cn2cc1I. The number of hydrogen-bond acceptors (Lipinski definition) is 4. The van der Waals surface area contributed by atoms with E-state index in [1.54, 1.807) is 11.3 Å². The number of halogens is 1. The van der Waals surface area contributed by atoms with Crippen LogP contribution in [0.1, 0.15) is 5.69 Å². The highest BCUT2D eigenvalue weighted by atomic mass is 127. The number of aromatic nitrogens is 3. The van der Waals surface area contributed by atoms with Crippen molar-refractivity contribution in [1.82, 2.24) is 14.4 Å². The molecule has 0 unspecified atom stereocenters. The highest BCUT2D eigenvalue weighted by molar-refractivity contribution is 14.1. The smallest absolute Gasteiger partial charge is 0.234 e. The Balaban J connectivity index is 2.09. The molecule has 0 atom stereocenters. The van der Waals surface area contributed by atoms with E-state index in [2.05, 4.69) is 55.8 Å². The first kappa shape index (κ1) is 12.9. The molecule has 3 aromatic heterocycles. The summed E-state index contributed by atoms with van der Waals surface area (Å²) in [4.78, 5) is 12.4. The third kappa shape index (κ3) is 2.34. The molecule has 19 heavy (non-hydrogen) atoms. The van der Waals surface area contributed by atoms with E-state index in [1.807, 2.05) is 31.6 Å². The minimum absolute atomic E-state index is 0.757. The second-order valence-corrected chi connectivity index (χ2v) is 6.76. The van der Waals surface area contributed by atoms with Crippen LogP contribution in [0.5, 0.6) is 0 Å². The Morgan fingerprint density at radius 1 is 1.21 bits per heavy atom. The van der Waals surface area contributed by atoms with Gasteiger partial charge in [-0.05, 0) is 41.6 Å². The largest absolute Gasteiger partial charge is 0.370 e. The highest BCUT2D eigenvalue weighted by Gasteiger charge is 2.10. The van der Waals surface area contributed by atoms with E-state index >= 15 is 0 Å². The van der Waals surface area contributed by atoms with Gasteiger partial charge < -0.3 is 4.90 Å². The van der Waals surface area contributed by atoms with Gasteiger partial charge in [0.05, 0.1) is 19.1 Å². The molecule has 3 heterocycles. The fraction of sp³-hybridized carbons (Fsp3) is 0.231. The number of thiophene rings is 1. The number of nitrogens with zero attached hydrogens (tertiary/aromatic N) is 4. The predicted molar refractivity (Wildman–Crippen MR) is 88.1 cm³/mol. The van der Waals surface area contributed by atoms with Gasteiger partial charge >= 0.3 is 0 Å². The lowest BCUT2D eigenvalue weighted by Crippen LogP contribution is -2.05. The molecule has 98 valence electrons. The Hall–Kier alpha value is -1.15. The van der Waals surface area contributed by atoms with Crippen LogP contribution in [-0.2, 0) is 0 Å². The Labute approximate surface area is 129 Å². The van der Waals surface area contributed by atoms with E-state index in [9.17, 15) is 0 Å². The van der Waals surface area contributed by atoms with Crippen LogP contribution in [0.2, 0.25) is 0 Å². The molecular weight excluding hydrogens is 371 g/mol. The fourth-order valence-corrected chi connectivity index (χ4v) is 3.11. The second-order valence-electron chi connectivity index (χ2n) is 4.54. The molecule has 0 saturated carbocycles. The minimum atomic E-state index is 0.757. The zero-order valence-electron chi connectivity index (χ0n) is 10.9. The first-order valence-electron chi connectivity index (χ1n) is 5.84. The number of aryl methyl sites for hydroxylation is 1. The molecule has 0 N–H and O–H groups in total. The zero-order valence-corrected chi connectivity index (χ0v) is 13.9. The number of fused-ring (bicyclic) bond motifs is 1. The topological polar surface area (TPSA) is 33.4 Å². The lowest BCUT2D eigenvalue weighted by Gasteiger charge is -2.06. The van der Waals surface area contributed by atoms with Gasteiger partial charge in [0, 0.05) is 26.5 Å². The molecule has 0 bridgehead atoms. The van der Waals surface area contributed by atoms with Gasteiger partial charge in [0.15, 0.2) is 0 Å². The third-order valence-corrected chi connectivity index (χ3v) is 5.20. The Bertz CT molecular complexity index is 705. The van der Waals surface area contributed by atoms with Crippen molar-refractivity contribution >= 4 is 44.7 Å². The highest BCUT2D eigenvalue weighted by Crippen LogP contribution is 2.32. The summed E-state index contributed by atoms with van der Waals surface area (Å²) >= 11 is 4.03. The van der Waals surface area contributed by atoms with Crippen LogP contribution in [0.3, 0.4) is 0 Å². The van der Waals surface area contributed by atoms with Crippen molar-refractivity contribution in [3.05, 3.63) is 33.8 Å². The number of anilines is 1. The van der Waals surface area contributed by atoms with Gasteiger partial charge in [-0.15, -0.1) is 11.3 Å². The van der Waals surface area contributed by atoms with Crippen molar-refractivity contribution in [3.8, 4) is 10.6 Å². The van der Waals surface area contributed by atoms with Crippen molar-refractivity contribution in [3.63, 3.8) is 0 Å². The molecule has 0 aliphatic heterocycles. The first-order chi connectivity index (χ1) is 9.04. The summed E-state index contributed by atoms with van der Waals surface area (Å²) in [5, 5.41) is 1.23. The normalized spacial score (nSPS) is 11.2. The van der Waals surface area contributed by atoms with Crippen LogP contribution >= 0.6 is 33.9 Å². The van der Waals surface area contributed by atoms with Gasteiger partial charge in [-0.1, -0.05) is 0 Å². The first-order valence-corrected chi connectivity index (χ1v) is 7.73. The number of imidazole rings is 1. The molecular formula is C13H13IN4S. The minimum Gasteiger partial charge on any atom is -0.370 e. The summed E-state index contributed by atoms with van der Waals surface area (Å²) in [6.07, 6.45) is 4.10. The number of hydrogen-bond donors (Lipinski definition) is 0. The lowest BCUT2D eigenvalue weighted by molar-refractivity contribution is 1.05. The molecule has 0 aliphatic rings. The van der Waals surface area contributed by atoms with E-state index in [4.69, 9.17) is 0 Å². The van der Waals surface area contributed by atoms with Crippen molar-refractivity contribution in [2.75, 3.05) is 19.0 Å². The van der Waals surface area contributed by atoms with Crippen molar-refractivity contribution in [2.45, 2.75) is 6.92 Å². The molecule has 0 fully saturated rings. The van der Waals surface area contributed by atoms with Gasteiger partial charge in [0.2, 0.25) is 5.78 Å². The summed E-state index contributed by atoms with van der Waals surface area (Å²) in [6, 6.07) is 4.23. The molecule has 0 radical (unpaired) electrons. The van der Waals surface area contributed by atoms with E-state index in [1.165, 1.54) is 9.88 Å². The summed E-state index contributed by atoms with van der Waals surface area (Å²) in [5.41, 5.74) is 2.00. The van der Waals surface area contributed by atoms with Crippen molar-refractivity contribution in [2.24, 2.45) is 0 Å². The standard InChI is InChI=1S/C13H13IN4S/c1-8-9(14)6-18-7-10(16-13(18)15-8)11-4-5-12(19-11)17(2)3/h4-7H,1-3H3. The maximum Gasteiger partial charge on any atom is 0.234 e. The average Bonchev–Trinajstić information content (AvgIpc) is 2.95. The quantitative estimate of drug-likeness (QED) is 0.635.